The number of aliphatic hydroxyl groups is 10. The van der Waals surface area contributed by atoms with Crippen molar-refractivity contribution >= 4 is 35.1 Å². The molecule has 0 amide bonds. The molecule has 0 saturated carbocycles. The summed E-state index contributed by atoms with van der Waals surface area (Å²) >= 11 is 0. The van der Waals surface area contributed by atoms with Crippen molar-refractivity contribution in [2.45, 2.75) is 92.1 Å². The zero-order chi connectivity index (χ0) is 60.8. The molecule has 29 heteroatoms. The van der Waals surface area contributed by atoms with E-state index in [1.165, 1.54) is 70.9 Å². The standard InChI is InChI=1S/C55H60O29/c1-72-31-11-22(12-32(73-2)41(31)61)5-9-39(59)76-20-37-44(64)47(67)49(69)53(83-37)78-25-16-28(58)26-18-35(81-55-50(70)46(66)43(63)36(19-56)82-55)52(79-29(26)17-25)24-7-8-27(57)30(15-24)80-54-51(71)48(68)45(65)38(84-54)21-77-40(60)10-6-23-13-33(74-3)42(62)34(14-23)75-4/h5-18,36-38,43-51,53-56,63-71H,19-21H2,1-4H3,(H3-,57,58,59,60,61,62)/p+1/t36-,37?,38-,43-,44-,45-,46?,47+,48?,49?,50?,51?,53-,54-,55-/m1/s1. The van der Waals surface area contributed by atoms with Gasteiger partial charge in [-0.2, -0.15) is 0 Å². The lowest BCUT2D eigenvalue weighted by atomic mass is 9.99. The molecule has 29 nitrogen and oxygen atoms in total. The summed E-state index contributed by atoms with van der Waals surface area (Å²) in [5.74, 6) is -5.04. The van der Waals surface area contributed by atoms with Crippen molar-refractivity contribution in [3.8, 4) is 74.6 Å². The summed E-state index contributed by atoms with van der Waals surface area (Å²) in [6, 6.07) is 12.4. The van der Waals surface area contributed by atoms with Gasteiger partial charge >= 0.3 is 23.3 Å². The molecule has 3 fully saturated rings. The van der Waals surface area contributed by atoms with Crippen LogP contribution in [0.5, 0.6) is 63.2 Å². The summed E-state index contributed by atoms with van der Waals surface area (Å²) in [5, 5.41) is 150. The van der Waals surface area contributed by atoms with Crippen LogP contribution in [-0.2, 0) is 33.3 Å². The lowest BCUT2D eigenvalue weighted by Gasteiger charge is -2.39. The quantitative estimate of drug-likeness (QED) is 0.0260. The molecule has 6 unspecified atom stereocenters. The van der Waals surface area contributed by atoms with Gasteiger partial charge in [-0.25, -0.2) is 14.0 Å². The molecule has 3 aliphatic rings. The number of benzene rings is 4. The zero-order valence-electron chi connectivity index (χ0n) is 44.7. The number of ether oxygens (including phenoxy) is 12. The first-order valence-corrected chi connectivity index (χ1v) is 25.3. The lowest BCUT2D eigenvalue weighted by Crippen LogP contribution is -2.60. The van der Waals surface area contributed by atoms with E-state index in [1.807, 2.05) is 0 Å². The monoisotopic (exact) mass is 1190 g/mol. The van der Waals surface area contributed by atoms with E-state index >= 15 is 0 Å². The number of carbonyl (C=O) groups is 2. The fraction of sp³-hybridized carbons (Fsp3) is 0.400. The molecule has 0 aliphatic carbocycles. The maximum Gasteiger partial charge on any atom is 0.402 e. The summed E-state index contributed by atoms with van der Waals surface area (Å²) in [4.78, 5) is 25.6. The predicted molar refractivity (Wildman–Crippen MR) is 281 cm³/mol. The molecule has 15 atom stereocenters. The van der Waals surface area contributed by atoms with E-state index in [-0.39, 0.29) is 62.5 Å². The smallest absolute Gasteiger partial charge is 0.402 e. The first kappa shape index (κ1) is 62.0. The maximum atomic E-state index is 12.8. The van der Waals surface area contributed by atoms with Crippen molar-refractivity contribution in [1.29, 1.82) is 0 Å². The van der Waals surface area contributed by atoms with Crippen molar-refractivity contribution in [3.63, 3.8) is 0 Å². The molecule has 5 aromatic rings. The molecular weight excluding hydrogens is 1120 g/mol. The summed E-state index contributed by atoms with van der Waals surface area (Å²) < 4.78 is 72.0. The summed E-state index contributed by atoms with van der Waals surface area (Å²) in [6.45, 7) is -2.24. The van der Waals surface area contributed by atoms with Crippen LogP contribution >= 0.6 is 0 Å². The molecule has 14 N–H and O–H groups in total. The predicted octanol–water partition coefficient (Wildman–Crippen LogP) is -0.698. The molecule has 4 aromatic carbocycles. The SMILES string of the molecule is COc1cc(/C=C/C(=O)OCC2O[C@@H](Oc3cc(O)c4cc(O[C@@H]5O[C@H](CO)[C@@H](O)C(O)C5O)c(-c5ccc(O)c(O[C@@H]6O[C@H](COC(=O)/C=C/c7cc(OC)c(O)c(OC)c7)[C@@H](O)C(O)C6O)c5)[o+]c4c3)C(O)[C@@H](O)[C@@H]2O)cc(OC)c1O. The molecule has 0 bridgehead atoms. The van der Waals surface area contributed by atoms with Crippen molar-refractivity contribution in [2.75, 3.05) is 48.3 Å². The normalized spacial score (nSPS) is 28.0. The van der Waals surface area contributed by atoms with Crippen LogP contribution in [0.3, 0.4) is 0 Å². The van der Waals surface area contributed by atoms with E-state index in [0.717, 1.165) is 42.5 Å². The number of phenols is 4. The van der Waals surface area contributed by atoms with Gasteiger partial charge in [0.2, 0.25) is 36.1 Å². The average Bonchev–Trinajstić information content (AvgIpc) is 2.27. The first-order valence-electron chi connectivity index (χ1n) is 25.3. The van der Waals surface area contributed by atoms with Gasteiger partial charge < -0.3 is 128 Å². The van der Waals surface area contributed by atoms with E-state index in [2.05, 4.69) is 0 Å². The Morgan fingerprint density at radius 1 is 0.488 bits per heavy atom. The second-order valence-corrected chi connectivity index (χ2v) is 19.0. The first-order chi connectivity index (χ1) is 40.1. The number of esters is 2. The molecule has 454 valence electrons. The minimum absolute atomic E-state index is 0.0449. The molecular formula is C55H61O29+. The third-order valence-electron chi connectivity index (χ3n) is 13.6. The largest absolute Gasteiger partial charge is 0.507 e. The number of aliphatic hydroxyl groups excluding tert-OH is 10. The number of methoxy groups -OCH3 is 4. The fourth-order valence-electron chi connectivity index (χ4n) is 8.91. The third-order valence-corrected chi connectivity index (χ3v) is 13.6. The Morgan fingerprint density at radius 3 is 1.37 bits per heavy atom. The van der Waals surface area contributed by atoms with Crippen LogP contribution in [0.15, 0.2) is 77.2 Å². The van der Waals surface area contributed by atoms with Crippen molar-refractivity contribution in [2.24, 2.45) is 0 Å². The van der Waals surface area contributed by atoms with Gasteiger partial charge in [-0.05, 0) is 59.7 Å². The van der Waals surface area contributed by atoms with Crippen LogP contribution in [-0.4, -0.2) is 224 Å². The van der Waals surface area contributed by atoms with Crippen LogP contribution in [0.25, 0.3) is 34.4 Å². The van der Waals surface area contributed by atoms with Crippen molar-refractivity contribution < 1.29 is 142 Å². The lowest BCUT2D eigenvalue weighted by molar-refractivity contribution is -0.278. The Kier molecular flexibility index (Phi) is 19.7. The topological polar surface area (TPSA) is 439 Å². The van der Waals surface area contributed by atoms with Gasteiger partial charge in [0.25, 0.3) is 0 Å². The Balaban J connectivity index is 1.04. The Labute approximate surface area is 475 Å². The van der Waals surface area contributed by atoms with Gasteiger partial charge in [0.15, 0.2) is 34.5 Å². The highest BCUT2D eigenvalue weighted by Gasteiger charge is 2.49. The Hall–Kier alpha value is -8.01. The number of aromatic hydroxyl groups is 4. The molecule has 3 saturated heterocycles. The number of rotatable bonds is 20. The Morgan fingerprint density at radius 2 is 0.917 bits per heavy atom. The number of hydrogen-bond donors (Lipinski definition) is 14. The van der Waals surface area contributed by atoms with Crippen LogP contribution < -0.4 is 33.2 Å². The van der Waals surface area contributed by atoms with Crippen LogP contribution in [0, 0.1) is 0 Å². The number of hydrogen-bond acceptors (Lipinski definition) is 28. The second kappa shape index (κ2) is 26.7. The van der Waals surface area contributed by atoms with Gasteiger partial charge in [0.1, 0.15) is 103 Å². The number of fused-ring (bicyclic) bond motifs is 1. The molecule has 3 aliphatic heterocycles. The molecule has 0 spiro atoms. The highest BCUT2D eigenvalue weighted by atomic mass is 16.7. The van der Waals surface area contributed by atoms with E-state index in [1.54, 1.807) is 0 Å². The van der Waals surface area contributed by atoms with E-state index in [4.69, 9.17) is 61.3 Å². The summed E-state index contributed by atoms with van der Waals surface area (Å²) in [5.41, 5.74) is 0.388. The highest BCUT2D eigenvalue weighted by Crippen LogP contribution is 2.44. The minimum Gasteiger partial charge on any atom is -0.507 e. The van der Waals surface area contributed by atoms with Crippen molar-refractivity contribution in [3.05, 3.63) is 83.9 Å². The third kappa shape index (κ3) is 13.5. The maximum absolute atomic E-state index is 12.8. The molecule has 1 aromatic heterocycles. The van der Waals surface area contributed by atoms with Crippen molar-refractivity contribution in [1.82, 2.24) is 0 Å². The summed E-state index contributed by atoms with van der Waals surface area (Å²) in [6.07, 6.45) is -22.8. The minimum atomic E-state index is -2.01. The van der Waals surface area contributed by atoms with Gasteiger partial charge in [0, 0.05) is 30.4 Å². The van der Waals surface area contributed by atoms with Gasteiger partial charge in [0.05, 0.1) is 46.7 Å². The van der Waals surface area contributed by atoms with E-state index in [0.29, 0.717) is 11.1 Å². The Bertz CT molecular complexity index is 3150. The van der Waals surface area contributed by atoms with E-state index < -0.39 is 147 Å². The average molecular weight is 1190 g/mol. The number of phenolic OH excluding ortho intramolecular Hbond substituents is 4. The molecule has 4 heterocycles. The number of carbonyl (C=O) groups excluding carboxylic acids is 2. The molecule has 8 rings (SSSR count). The second-order valence-electron chi connectivity index (χ2n) is 19.0. The molecule has 0 radical (unpaired) electrons. The van der Waals surface area contributed by atoms with E-state index in [9.17, 15) is 81.1 Å². The zero-order valence-corrected chi connectivity index (χ0v) is 44.7. The summed E-state index contributed by atoms with van der Waals surface area (Å²) in [7, 11) is 5.24. The van der Waals surface area contributed by atoms with Gasteiger partial charge in [-0.1, -0.05) is 0 Å². The van der Waals surface area contributed by atoms with Crippen LogP contribution in [0.1, 0.15) is 11.1 Å². The van der Waals surface area contributed by atoms with Crippen LogP contribution in [0.4, 0.5) is 0 Å². The van der Waals surface area contributed by atoms with Crippen LogP contribution in [0.2, 0.25) is 0 Å². The highest BCUT2D eigenvalue weighted by molar-refractivity contribution is 5.89. The van der Waals surface area contributed by atoms with Gasteiger partial charge in [-0.3, -0.25) is 0 Å². The van der Waals surface area contributed by atoms with Gasteiger partial charge in [-0.15, -0.1) is 0 Å². The fourth-order valence-corrected chi connectivity index (χ4v) is 8.91. The molecule has 84 heavy (non-hydrogen) atoms.